The van der Waals surface area contributed by atoms with Gasteiger partial charge in [0, 0.05) is 36.2 Å². The minimum Gasteiger partial charge on any atom is -0.349 e. The van der Waals surface area contributed by atoms with Gasteiger partial charge in [0.2, 0.25) is 0 Å². The first-order valence-electron chi connectivity index (χ1n) is 11.2. The third-order valence-corrected chi connectivity index (χ3v) is 6.97. The van der Waals surface area contributed by atoms with Crippen molar-refractivity contribution in [3.05, 3.63) is 81.6 Å². The smallest absolute Gasteiger partial charge is 0.252 e. The fraction of sp³-hybridized carbons (Fsp3) is 0.320. The summed E-state index contributed by atoms with van der Waals surface area (Å²) in [6, 6.07) is 12.7. The van der Waals surface area contributed by atoms with Crippen LogP contribution < -0.4 is 5.32 Å². The van der Waals surface area contributed by atoms with E-state index in [1.807, 2.05) is 41.3 Å². The highest BCUT2D eigenvalue weighted by atomic mass is 32.1. The molecule has 0 atom stereocenters. The number of hydrogen-bond acceptors (Lipinski definition) is 5. The number of thiophene rings is 1. The number of benzene rings is 1. The van der Waals surface area contributed by atoms with Crippen molar-refractivity contribution in [2.24, 2.45) is 0 Å². The summed E-state index contributed by atoms with van der Waals surface area (Å²) in [5, 5.41) is 10.6. The lowest BCUT2D eigenvalue weighted by molar-refractivity contribution is 0.0910. The summed E-state index contributed by atoms with van der Waals surface area (Å²) in [5.74, 6) is -0.282. The molecule has 0 saturated carbocycles. The summed E-state index contributed by atoms with van der Waals surface area (Å²) in [4.78, 5) is 21.4. The monoisotopic (exact) mass is 463 g/mol. The van der Waals surface area contributed by atoms with Crippen LogP contribution in [0.2, 0.25) is 0 Å². The number of aromatic nitrogens is 3. The Morgan fingerprint density at radius 2 is 1.97 bits per heavy atom. The summed E-state index contributed by atoms with van der Waals surface area (Å²) < 4.78 is 15.0. The number of carbonyl (C=O) groups excluding carboxylic acids is 1. The second-order valence-corrected chi connectivity index (χ2v) is 9.61. The second-order valence-electron chi connectivity index (χ2n) is 8.58. The molecule has 5 rings (SSSR count). The Balaban J connectivity index is 1.24. The number of carbonyl (C=O) groups is 1. The van der Waals surface area contributed by atoms with Gasteiger partial charge in [-0.25, -0.2) is 14.1 Å². The Bertz CT molecular complexity index is 1240. The number of nitrogens with one attached hydrogen (secondary N) is 1. The summed E-state index contributed by atoms with van der Waals surface area (Å²) >= 11 is 1.68. The van der Waals surface area contributed by atoms with Crippen molar-refractivity contribution >= 4 is 28.3 Å². The number of amides is 1. The fourth-order valence-electron chi connectivity index (χ4n) is 4.37. The summed E-state index contributed by atoms with van der Waals surface area (Å²) in [7, 11) is 0. The van der Waals surface area contributed by atoms with Crippen molar-refractivity contribution in [3.63, 3.8) is 0 Å². The Labute approximate surface area is 196 Å². The zero-order valence-corrected chi connectivity index (χ0v) is 19.3. The lowest BCUT2D eigenvalue weighted by Crippen LogP contribution is -2.44. The van der Waals surface area contributed by atoms with Gasteiger partial charge in [0.05, 0.1) is 23.7 Å². The topological polar surface area (TPSA) is 63.1 Å². The molecule has 0 unspecified atom stereocenters. The molecular formula is C25H26FN5OS. The van der Waals surface area contributed by atoms with Crippen molar-refractivity contribution in [1.29, 1.82) is 0 Å². The number of fused-ring (bicyclic) bond motifs is 1. The number of hydrogen-bond donors (Lipinski definition) is 1. The molecule has 1 saturated heterocycles. The highest BCUT2D eigenvalue weighted by molar-refractivity contribution is 7.09. The third-order valence-electron chi connectivity index (χ3n) is 6.11. The maximum atomic E-state index is 13.2. The number of halogens is 1. The van der Waals surface area contributed by atoms with E-state index in [-0.39, 0.29) is 17.8 Å². The second kappa shape index (κ2) is 9.41. The zero-order chi connectivity index (χ0) is 22.8. The molecule has 4 heterocycles. The molecule has 0 bridgehead atoms. The molecule has 1 N–H and O–H groups in total. The van der Waals surface area contributed by atoms with Crippen molar-refractivity contribution in [1.82, 2.24) is 25.0 Å². The molecule has 1 aromatic carbocycles. The molecule has 1 aliphatic rings. The number of likely N-dealkylation sites (tertiary alicyclic amines) is 1. The van der Waals surface area contributed by atoms with Gasteiger partial charge < -0.3 is 5.32 Å². The van der Waals surface area contributed by atoms with Crippen molar-refractivity contribution in [3.8, 4) is 0 Å². The standard InChI is InChI=1S/C25H26FN5OS/c1-17-13-22(23-14-27-31(24(23)28-17)16-21-3-2-12-33-21)25(32)29-20-8-10-30(11-9-20)15-18-4-6-19(26)7-5-18/h2-7,12-14,20H,8-11,15-16H2,1H3,(H,29,32). The summed E-state index contributed by atoms with van der Waals surface area (Å²) in [6.07, 6.45) is 3.52. The van der Waals surface area contributed by atoms with E-state index in [1.165, 1.54) is 17.0 Å². The highest BCUT2D eigenvalue weighted by Gasteiger charge is 2.23. The average molecular weight is 464 g/mol. The summed E-state index contributed by atoms with van der Waals surface area (Å²) in [6.45, 7) is 5.14. The van der Waals surface area contributed by atoms with Crippen molar-refractivity contribution in [2.45, 2.75) is 38.9 Å². The van der Waals surface area contributed by atoms with Crippen LogP contribution in [0.15, 0.2) is 54.0 Å². The number of piperidine rings is 1. The molecule has 6 nitrogen and oxygen atoms in total. The molecule has 1 fully saturated rings. The number of pyridine rings is 1. The van der Waals surface area contributed by atoms with E-state index in [0.717, 1.165) is 54.8 Å². The van der Waals surface area contributed by atoms with Crippen LogP contribution >= 0.6 is 11.3 Å². The van der Waals surface area contributed by atoms with Gasteiger partial charge in [-0.3, -0.25) is 9.69 Å². The van der Waals surface area contributed by atoms with E-state index in [0.29, 0.717) is 12.1 Å². The first-order chi connectivity index (χ1) is 16.0. The largest absolute Gasteiger partial charge is 0.349 e. The number of rotatable bonds is 6. The lowest BCUT2D eigenvalue weighted by Gasteiger charge is -2.32. The van der Waals surface area contributed by atoms with Crippen LogP contribution in [0.3, 0.4) is 0 Å². The van der Waals surface area contributed by atoms with Gasteiger partial charge in [-0.05, 0) is 55.0 Å². The van der Waals surface area contributed by atoms with E-state index in [4.69, 9.17) is 0 Å². The first-order valence-corrected chi connectivity index (χ1v) is 12.1. The molecule has 3 aromatic heterocycles. The van der Waals surface area contributed by atoms with E-state index in [1.54, 1.807) is 17.5 Å². The maximum Gasteiger partial charge on any atom is 0.252 e. The van der Waals surface area contributed by atoms with Crippen LogP contribution in [0.5, 0.6) is 0 Å². The van der Waals surface area contributed by atoms with Gasteiger partial charge in [-0.15, -0.1) is 11.3 Å². The highest BCUT2D eigenvalue weighted by Crippen LogP contribution is 2.21. The van der Waals surface area contributed by atoms with E-state index in [2.05, 4.69) is 26.4 Å². The lowest BCUT2D eigenvalue weighted by atomic mass is 10.0. The molecule has 1 aliphatic heterocycles. The van der Waals surface area contributed by atoms with Gasteiger partial charge in [-0.1, -0.05) is 18.2 Å². The minimum absolute atomic E-state index is 0.0711. The zero-order valence-electron chi connectivity index (χ0n) is 18.5. The van der Waals surface area contributed by atoms with E-state index >= 15 is 0 Å². The van der Waals surface area contributed by atoms with E-state index in [9.17, 15) is 9.18 Å². The summed E-state index contributed by atoms with van der Waals surface area (Å²) in [5.41, 5.74) is 3.27. The van der Waals surface area contributed by atoms with Crippen LogP contribution in [0.4, 0.5) is 4.39 Å². The Morgan fingerprint density at radius 3 is 2.70 bits per heavy atom. The molecule has 33 heavy (non-hydrogen) atoms. The van der Waals surface area contributed by atoms with Gasteiger partial charge in [0.15, 0.2) is 5.65 Å². The van der Waals surface area contributed by atoms with Crippen molar-refractivity contribution < 1.29 is 9.18 Å². The van der Waals surface area contributed by atoms with Crippen LogP contribution in [0.25, 0.3) is 11.0 Å². The predicted molar refractivity (Wildman–Crippen MR) is 128 cm³/mol. The van der Waals surface area contributed by atoms with Crippen LogP contribution in [-0.4, -0.2) is 44.7 Å². The van der Waals surface area contributed by atoms with Gasteiger partial charge >= 0.3 is 0 Å². The van der Waals surface area contributed by atoms with Gasteiger partial charge in [0.25, 0.3) is 5.91 Å². The predicted octanol–water partition coefficient (Wildman–Crippen LogP) is 4.38. The molecular weight excluding hydrogens is 437 g/mol. The average Bonchev–Trinajstić information content (AvgIpc) is 3.47. The molecule has 0 radical (unpaired) electrons. The molecule has 170 valence electrons. The molecule has 0 aliphatic carbocycles. The van der Waals surface area contributed by atoms with Gasteiger partial charge in [-0.2, -0.15) is 5.10 Å². The number of nitrogens with zero attached hydrogens (tertiary/aromatic N) is 4. The molecule has 1 amide bonds. The normalized spacial score (nSPS) is 15.2. The SMILES string of the molecule is Cc1cc(C(=O)NC2CCN(Cc3ccc(F)cc3)CC2)c2cnn(Cc3cccs3)c2n1. The van der Waals surface area contributed by atoms with Crippen LogP contribution in [0, 0.1) is 12.7 Å². The quantitative estimate of drug-likeness (QED) is 0.461. The molecule has 4 aromatic rings. The minimum atomic E-state index is -0.210. The third kappa shape index (κ3) is 4.96. The number of aryl methyl sites for hydroxylation is 1. The Morgan fingerprint density at radius 1 is 1.18 bits per heavy atom. The Hall–Kier alpha value is -3.10. The molecule has 8 heteroatoms. The maximum absolute atomic E-state index is 13.2. The Kier molecular flexibility index (Phi) is 6.20. The van der Waals surface area contributed by atoms with Gasteiger partial charge in [0.1, 0.15) is 5.82 Å². The van der Waals surface area contributed by atoms with E-state index < -0.39 is 0 Å². The van der Waals surface area contributed by atoms with Crippen LogP contribution in [-0.2, 0) is 13.1 Å². The molecule has 0 spiro atoms. The first kappa shape index (κ1) is 21.7. The van der Waals surface area contributed by atoms with Crippen molar-refractivity contribution in [2.75, 3.05) is 13.1 Å². The fourth-order valence-corrected chi connectivity index (χ4v) is 5.06. The van der Waals surface area contributed by atoms with Crippen LogP contribution in [0.1, 0.15) is 39.3 Å².